The average Bonchev–Trinajstić information content (AvgIpc) is 2.85. The van der Waals surface area contributed by atoms with Gasteiger partial charge in [-0.15, -0.1) is 0 Å². The fraction of sp³-hybridized carbons (Fsp3) is 0.312. The summed E-state index contributed by atoms with van der Waals surface area (Å²) in [5.41, 5.74) is 0.849. The van der Waals surface area contributed by atoms with Crippen molar-refractivity contribution in [1.82, 2.24) is 15.8 Å². The van der Waals surface area contributed by atoms with Crippen molar-refractivity contribution >= 4 is 35.0 Å². The van der Waals surface area contributed by atoms with E-state index in [-0.39, 0.29) is 29.8 Å². The monoisotopic (exact) mass is 369 g/mol. The van der Waals surface area contributed by atoms with Crippen LogP contribution < -0.4 is 10.6 Å². The van der Waals surface area contributed by atoms with E-state index < -0.39 is 5.91 Å². The molecule has 0 bridgehead atoms. The highest BCUT2D eigenvalue weighted by molar-refractivity contribution is 6.39. The van der Waals surface area contributed by atoms with Gasteiger partial charge in [0.2, 0.25) is 5.91 Å². The second kappa shape index (κ2) is 7.68. The molecule has 1 aromatic heterocycles. The van der Waals surface area contributed by atoms with Crippen LogP contribution in [0, 0.1) is 6.92 Å². The lowest BCUT2D eigenvalue weighted by Gasteiger charge is -2.10. The molecular weight excluding hydrogens is 353 g/mol. The minimum atomic E-state index is -0.487. The predicted octanol–water partition coefficient (Wildman–Crippen LogP) is 3.21. The number of aromatic nitrogens is 1. The van der Waals surface area contributed by atoms with Crippen LogP contribution in [0.2, 0.25) is 10.0 Å². The topological polar surface area (TPSA) is 84.2 Å². The molecule has 128 valence electrons. The number of aryl methyl sites for hydroxylation is 1. The third-order valence-electron chi connectivity index (χ3n) is 3.15. The van der Waals surface area contributed by atoms with Crippen molar-refractivity contribution in [2.75, 3.05) is 6.54 Å². The number of nitrogens with one attached hydrogen (secondary N) is 2. The standard InChI is InChI=1S/C16H17Cl2N3O3/c1-8(2)20-12(22)7-19-16(23)13-9(3)24-21-15(13)14-10(17)5-4-6-11(14)18/h4-6,8H,7H2,1-3H3,(H,19,23)(H,20,22). The van der Waals surface area contributed by atoms with Crippen LogP contribution in [0.5, 0.6) is 0 Å². The summed E-state index contributed by atoms with van der Waals surface area (Å²) < 4.78 is 5.12. The molecule has 0 radical (unpaired) electrons. The number of amides is 2. The van der Waals surface area contributed by atoms with Gasteiger partial charge in [-0.1, -0.05) is 34.4 Å². The van der Waals surface area contributed by atoms with E-state index in [1.165, 1.54) is 0 Å². The largest absolute Gasteiger partial charge is 0.360 e. The van der Waals surface area contributed by atoms with Gasteiger partial charge < -0.3 is 15.2 Å². The first-order valence-electron chi connectivity index (χ1n) is 7.29. The van der Waals surface area contributed by atoms with Gasteiger partial charge in [0.1, 0.15) is 17.0 Å². The quantitative estimate of drug-likeness (QED) is 0.847. The molecule has 0 aliphatic carbocycles. The molecule has 0 atom stereocenters. The van der Waals surface area contributed by atoms with Crippen molar-refractivity contribution in [2.45, 2.75) is 26.8 Å². The van der Waals surface area contributed by atoms with Crippen molar-refractivity contribution in [2.24, 2.45) is 0 Å². The lowest BCUT2D eigenvalue weighted by molar-refractivity contribution is -0.120. The third-order valence-corrected chi connectivity index (χ3v) is 3.78. The average molecular weight is 370 g/mol. The van der Waals surface area contributed by atoms with Crippen molar-refractivity contribution in [3.8, 4) is 11.3 Å². The summed E-state index contributed by atoms with van der Waals surface area (Å²) in [6.07, 6.45) is 0. The molecule has 24 heavy (non-hydrogen) atoms. The SMILES string of the molecule is Cc1onc(-c2c(Cl)cccc2Cl)c1C(=O)NCC(=O)NC(C)C. The molecule has 2 N–H and O–H groups in total. The summed E-state index contributed by atoms with van der Waals surface area (Å²) in [7, 11) is 0. The molecule has 8 heteroatoms. The van der Waals surface area contributed by atoms with E-state index in [9.17, 15) is 9.59 Å². The van der Waals surface area contributed by atoms with Gasteiger partial charge in [-0.05, 0) is 32.9 Å². The summed E-state index contributed by atoms with van der Waals surface area (Å²) in [6, 6.07) is 4.97. The zero-order chi connectivity index (χ0) is 17.9. The Hall–Kier alpha value is -2.05. The lowest BCUT2D eigenvalue weighted by Crippen LogP contribution is -2.40. The molecule has 1 aromatic carbocycles. The second-order valence-corrected chi connectivity index (χ2v) is 6.28. The Labute approximate surface area is 149 Å². The van der Waals surface area contributed by atoms with Gasteiger partial charge in [0, 0.05) is 11.6 Å². The van der Waals surface area contributed by atoms with Gasteiger partial charge in [-0.3, -0.25) is 9.59 Å². The summed E-state index contributed by atoms with van der Waals surface area (Å²) in [5, 5.41) is 9.83. The van der Waals surface area contributed by atoms with Crippen LogP contribution in [-0.4, -0.2) is 29.6 Å². The molecular formula is C16H17Cl2N3O3. The van der Waals surface area contributed by atoms with Crippen molar-refractivity contribution < 1.29 is 14.1 Å². The van der Waals surface area contributed by atoms with Gasteiger partial charge in [0.25, 0.3) is 5.91 Å². The van der Waals surface area contributed by atoms with Gasteiger partial charge in [0.05, 0.1) is 16.6 Å². The maximum absolute atomic E-state index is 12.5. The fourth-order valence-corrected chi connectivity index (χ4v) is 2.73. The molecule has 0 saturated carbocycles. The van der Waals surface area contributed by atoms with E-state index in [0.29, 0.717) is 21.4 Å². The Bertz CT molecular complexity index is 752. The second-order valence-electron chi connectivity index (χ2n) is 5.46. The van der Waals surface area contributed by atoms with E-state index in [2.05, 4.69) is 15.8 Å². The van der Waals surface area contributed by atoms with Crippen LogP contribution in [-0.2, 0) is 4.79 Å². The molecule has 2 aromatic rings. The highest BCUT2D eigenvalue weighted by Gasteiger charge is 2.25. The number of nitrogens with zero attached hydrogens (tertiary/aromatic N) is 1. The highest BCUT2D eigenvalue weighted by Crippen LogP contribution is 2.36. The maximum Gasteiger partial charge on any atom is 0.257 e. The molecule has 0 unspecified atom stereocenters. The van der Waals surface area contributed by atoms with Crippen molar-refractivity contribution in [1.29, 1.82) is 0 Å². The molecule has 6 nitrogen and oxygen atoms in total. The zero-order valence-electron chi connectivity index (χ0n) is 13.4. The smallest absolute Gasteiger partial charge is 0.257 e. The Morgan fingerprint density at radius 2 is 1.88 bits per heavy atom. The van der Waals surface area contributed by atoms with E-state index in [1.54, 1.807) is 25.1 Å². The number of carbonyl (C=O) groups excluding carboxylic acids is 2. The Balaban J connectivity index is 2.27. The van der Waals surface area contributed by atoms with Gasteiger partial charge in [-0.25, -0.2) is 0 Å². The molecule has 0 aliphatic rings. The number of hydrogen-bond donors (Lipinski definition) is 2. The zero-order valence-corrected chi connectivity index (χ0v) is 15.0. The molecule has 0 aliphatic heterocycles. The van der Waals surface area contributed by atoms with Crippen LogP contribution in [0.25, 0.3) is 11.3 Å². The fourth-order valence-electron chi connectivity index (χ4n) is 2.16. The predicted molar refractivity (Wildman–Crippen MR) is 92.3 cm³/mol. The third kappa shape index (κ3) is 4.07. The molecule has 0 spiro atoms. The number of carbonyl (C=O) groups is 2. The van der Waals surface area contributed by atoms with Crippen LogP contribution in [0.4, 0.5) is 0 Å². The minimum absolute atomic E-state index is 0.00998. The Morgan fingerprint density at radius 1 is 1.25 bits per heavy atom. The van der Waals surface area contributed by atoms with Crippen molar-refractivity contribution in [3.63, 3.8) is 0 Å². The number of rotatable bonds is 5. The van der Waals surface area contributed by atoms with Crippen LogP contribution in [0.15, 0.2) is 22.7 Å². The van der Waals surface area contributed by atoms with Crippen LogP contribution in [0.1, 0.15) is 30.0 Å². The summed E-state index contributed by atoms with van der Waals surface area (Å²) in [5.74, 6) is -0.467. The van der Waals surface area contributed by atoms with Crippen molar-refractivity contribution in [3.05, 3.63) is 39.6 Å². The van der Waals surface area contributed by atoms with E-state index in [0.717, 1.165) is 0 Å². The van der Waals surface area contributed by atoms with Gasteiger partial charge in [0.15, 0.2) is 0 Å². The molecule has 0 fully saturated rings. The van der Waals surface area contributed by atoms with E-state index in [4.69, 9.17) is 27.7 Å². The normalized spacial score (nSPS) is 10.8. The Morgan fingerprint density at radius 3 is 2.46 bits per heavy atom. The summed E-state index contributed by atoms with van der Waals surface area (Å²) in [4.78, 5) is 24.1. The molecule has 2 amide bonds. The highest BCUT2D eigenvalue weighted by atomic mass is 35.5. The van der Waals surface area contributed by atoms with Crippen LogP contribution in [0.3, 0.4) is 0 Å². The van der Waals surface area contributed by atoms with E-state index in [1.807, 2.05) is 13.8 Å². The lowest BCUT2D eigenvalue weighted by atomic mass is 10.1. The Kier molecular flexibility index (Phi) is 5.85. The first kappa shape index (κ1) is 18.3. The number of hydrogen-bond acceptors (Lipinski definition) is 4. The van der Waals surface area contributed by atoms with Crippen LogP contribution >= 0.6 is 23.2 Å². The maximum atomic E-state index is 12.5. The summed E-state index contributed by atoms with van der Waals surface area (Å²) >= 11 is 12.3. The minimum Gasteiger partial charge on any atom is -0.360 e. The molecule has 0 saturated heterocycles. The van der Waals surface area contributed by atoms with E-state index >= 15 is 0 Å². The molecule has 2 rings (SSSR count). The number of benzene rings is 1. The molecule has 1 heterocycles. The first-order chi connectivity index (χ1) is 11.3. The first-order valence-corrected chi connectivity index (χ1v) is 8.05. The number of halogens is 2. The summed E-state index contributed by atoms with van der Waals surface area (Å²) in [6.45, 7) is 5.12. The van der Waals surface area contributed by atoms with Gasteiger partial charge >= 0.3 is 0 Å². The van der Waals surface area contributed by atoms with Gasteiger partial charge in [-0.2, -0.15) is 0 Å².